The molecule has 34 heavy (non-hydrogen) atoms. The first-order valence-corrected chi connectivity index (χ1v) is 11.3. The number of fused-ring (bicyclic) bond motifs is 1. The van der Waals surface area contributed by atoms with Crippen molar-refractivity contribution in [2.45, 2.75) is 18.8 Å². The Morgan fingerprint density at radius 2 is 1.91 bits per heavy atom. The van der Waals surface area contributed by atoms with Crippen LogP contribution in [-0.2, 0) is 11.2 Å². The van der Waals surface area contributed by atoms with Crippen LogP contribution in [0.5, 0.6) is 0 Å². The van der Waals surface area contributed by atoms with E-state index in [2.05, 4.69) is 33.7 Å². The summed E-state index contributed by atoms with van der Waals surface area (Å²) in [6, 6.07) is 17.4. The van der Waals surface area contributed by atoms with E-state index in [1.165, 1.54) is 6.08 Å². The number of carbonyl (C=O) groups excluding carboxylic acids is 2. The summed E-state index contributed by atoms with van der Waals surface area (Å²) in [7, 11) is 0. The standard InChI is InChI=1S/C28H24N4O2/c1-2-27(34)32-14-12-21(17-32)24-11-10-23(25-16-29-18-31-28(24)25)19-6-8-20(9-7-19)26(33)15-22-5-3-4-13-30-22/h2-11,13,16,18,21H,1,12,14-15,17H2. The maximum absolute atomic E-state index is 12.7. The molecule has 0 radical (unpaired) electrons. The molecule has 0 saturated carbocycles. The quantitative estimate of drug-likeness (QED) is 0.318. The first kappa shape index (κ1) is 21.6. The first-order valence-electron chi connectivity index (χ1n) is 11.3. The molecule has 6 heteroatoms. The molecule has 0 N–H and O–H groups in total. The summed E-state index contributed by atoms with van der Waals surface area (Å²) in [5.41, 5.74) is 5.46. The third-order valence-electron chi connectivity index (χ3n) is 6.41. The van der Waals surface area contributed by atoms with E-state index < -0.39 is 0 Å². The fourth-order valence-corrected chi connectivity index (χ4v) is 4.63. The van der Waals surface area contributed by atoms with Gasteiger partial charge in [0.25, 0.3) is 0 Å². The van der Waals surface area contributed by atoms with Gasteiger partial charge in [0.2, 0.25) is 5.91 Å². The summed E-state index contributed by atoms with van der Waals surface area (Å²) < 4.78 is 0. The van der Waals surface area contributed by atoms with Crippen molar-refractivity contribution in [3.63, 3.8) is 0 Å². The van der Waals surface area contributed by atoms with Gasteiger partial charge in [0, 0.05) is 48.0 Å². The highest BCUT2D eigenvalue weighted by Crippen LogP contribution is 2.36. The number of Topliss-reactive ketones (excluding diaryl/α,β-unsaturated/α-hetero) is 1. The number of nitrogens with zero attached hydrogens (tertiary/aromatic N) is 4. The minimum atomic E-state index is -0.0317. The molecule has 2 aromatic carbocycles. The van der Waals surface area contributed by atoms with Gasteiger partial charge in [0.1, 0.15) is 6.33 Å². The summed E-state index contributed by atoms with van der Waals surface area (Å²) in [6.45, 7) is 4.98. The molecule has 168 valence electrons. The van der Waals surface area contributed by atoms with E-state index in [1.807, 2.05) is 53.6 Å². The maximum atomic E-state index is 12.7. The molecule has 0 spiro atoms. The second-order valence-electron chi connectivity index (χ2n) is 8.46. The first-order chi connectivity index (χ1) is 16.6. The second kappa shape index (κ2) is 9.35. The Bertz CT molecular complexity index is 1370. The van der Waals surface area contributed by atoms with Gasteiger partial charge in [-0.25, -0.2) is 9.97 Å². The van der Waals surface area contributed by atoms with Crippen molar-refractivity contribution in [3.05, 3.63) is 103 Å². The third-order valence-corrected chi connectivity index (χ3v) is 6.41. The van der Waals surface area contributed by atoms with Crippen LogP contribution < -0.4 is 0 Å². The zero-order valence-electron chi connectivity index (χ0n) is 18.7. The van der Waals surface area contributed by atoms with Crippen LogP contribution in [0.4, 0.5) is 0 Å². The molecular formula is C28H24N4O2. The van der Waals surface area contributed by atoms with Gasteiger partial charge in [-0.2, -0.15) is 0 Å². The third kappa shape index (κ3) is 4.22. The van der Waals surface area contributed by atoms with Crippen LogP contribution in [-0.4, -0.2) is 44.6 Å². The van der Waals surface area contributed by atoms with Gasteiger partial charge < -0.3 is 4.90 Å². The monoisotopic (exact) mass is 448 g/mol. The highest BCUT2D eigenvalue weighted by atomic mass is 16.2. The number of rotatable bonds is 6. The van der Waals surface area contributed by atoms with Crippen LogP contribution in [0.3, 0.4) is 0 Å². The molecule has 5 rings (SSSR count). The summed E-state index contributed by atoms with van der Waals surface area (Å²) in [4.78, 5) is 39.6. The van der Waals surface area contributed by atoms with Gasteiger partial charge >= 0.3 is 0 Å². The van der Waals surface area contributed by atoms with E-state index in [1.54, 1.807) is 12.5 Å². The lowest BCUT2D eigenvalue weighted by atomic mass is 9.91. The number of aromatic nitrogens is 3. The molecule has 1 fully saturated rings. The van der Waals surface area contributed by atoms with E-state index in [0.717, 1.165) is 46.3 Å². The Labute approximate surface area is 198 Å². The fourth-order valence-electron chi connectivity index (χ4n) is 4.63. The zero-order chi connectivity index (χ0) is 23.5. The highest BCUT2D eigenvalue weighted by Gasteiger charge is 2.28. The summed E-state index contributed by atoms with van der Waals surface area (Å²) in [6.07, 6.45) is 7.64. The Hall–Kier alpha value is -4.19. The molecule has 1 unspecified atom stereocenters. The van der Waals surface area contributed by atoms with Crippen molar-refractivity contribution in [2.75, 3.05) is 13.1 Å². The Morgan fingerprint density at radius 3 is 2.68 bits per heavy atom. The lowest BCUT2D eigenvalue weighted by Gasteiger charge is -2.17. The number of ketones is 1. The van der Waals surface area contributed by atoms with E-state index in [4.69, 9.17) is 0 Å². The van der Waals surface area contributed by atoms with Crippen LogP contribution in [0.1, 0.15) is 34.0 Å². The molecule has 1 aliphatic rings. The van der Waals surface area contributed by atoms with Crippen LogP contribution in [0.15, 0.2) is 86.0 Å². The van der Waals surface area contributed by atoms with Gasteiger partial charge in [-0.1, -0.05) is 49.0 Å². The Kier molecular flexibility index (Phi) is 5.95. The maximum Gasteiger partial charge on any atom is 0.245 e. The molecule has 1 atom stereocenters. The number of amides is 1. The summed E-state index contributed by atoms with van der Waals surface area (Å²) >= 11 is 0. The van der Waals surface area contributed by atoms with Gasteiger partial charge in [0.05, 0.1) is 11.9 Å². The van der Waals surface area contributed by atoms with Crippen LogP contribution >= 0.6 is 0 Å². The molecule has 2 aromatic heterocycles. The highest BCUT2D eigenvalue weighted by molar-refractivity contribution is 5.99. The van der Waals surface area contributed by atoms with Crippen molar-refractivity contribution in [2.24, 2.45) is 0 Å². The van der Waals surface area contributed by atoms with E-state index >= 15 is 0 Å². The Balaban J connectivity index is 1.42. The lowest BCUT2D eigenvalue weighted by molar-refractivity contribution is -0.125. The fraction of sp³-hybridized carbons (Fsp3) is 0.179. The van der Waals surface area contributed by atoms with Gasteiger partial charge in [-0.3, -0.25) is 14.6 Å². The van der Waals surface area contributed by atoms with Crippen LogP contribution in [0, 0.1) is 0 Å². The normalized spacial score (nSPS) is 15.4. The molecule has 3 heterocycles. The average molecular weight is 449 g/mol. The summed E-state index contributed by atoms with van der Waals surface area (Å²) in [5.74, 6) is 0.228. The topological polar surface area (TPSA) is 76.1 Å². The molecule has 0 aliphatic carbocycles. The zero-order valence-corrected chi connectivity index (χ0v) is 18.7. The predicted molar refractivity (Wildman–Crippen MR) is 131 cm³/mol. The average Bonchev–Trinajstić information content (AvgIpc) is 3.38. The minimum absolute atomic E-state index is 0.0317. The van der Waals surface area contributed by atoms with Crippen molar-refractivity contribution in [1.29, 1.82) is 0 Å². The summed E-state index contributed by atoms with van der Waals surface area (Å²) in [5, 5.41) is 0.959. The predicted octanol–water partition coefficient (Wildman–Crippen LogP) is 4.62. The SMILES string of the molecule is C=CC(=O)N1CCC(c2ccc(-c3ccc(C(=O)Cc4ccccn4)cc3)c3cncnc23)C1. The van der Waals surface area contributed by atoms with E-state index in [0.29, 0.717) is 12.1 Å². The molecular weight excluding hydrogens is 424 g/mol. The molecule has 1 amide bonds. The number of hydrogen-bond acceptors (Lipinski definition) is 5. The van der Waals surface area contributed by atoms with Crippen molar-refractivity contribution in [3.8, 4) is 11.1 Å². The van der Waals surface area contributed by atoms with Crippen LogP contribution in [0.2, 0.25) is 0 Å². The second-order valence-corrected chi connectivity index (χ2v) is 8.46. The lowest BCUT2D eigenvalue weighted by Crippen LogP contribution is -2.26. The minimum Gasteiger partial charge on any atom is -0.339 e. The van der Waals surface area contributed by atoms with Gasteiger partial charge in [-0.15, -0.1) is 0 Å². The number of hydrogen-bond donors (Lipinski definition) is 0. The van der Waals surface area contributed by atoms with Gasteiger partial charge in [0.15, 0.2) is 5.78 Å². The van der Waals surface area contributed by atoms with Crippen LogP contribution in [0.25, 0.3) is 22.0 Å². The van der Waals surface area contributed by atoms with Gasteiger partial charge in [-0.05, 0) is 41.3 Å². The van der Waals surface area contributed by atoms with E-state index in [9.17, 15) is 9.59 Å². The molecule has 6 nitrogen and oxygen atoms in total. The van der Waals surface area contributed by atoms with Crippen molar-refractivity contribution < 1.29 is 9.59 Å². The largest absolute Gasteiger partial charge is 0.339 e. The molecule has 1 saturated heterocycles. The Morgan fingerprint density at radius 1 is 1.06 bits per heavy atom. The van der Waals surface area contributed by atoms with Crippen molar-refractivity contribution in [1.82, 2.24) is 19.9 Å². The number of likely N-dealkylation sites (tertiary alicyclic amines) is 1. The number of benzene rings is 2. The number of pyridine rings is 1. The van der Waals surface area contributed by atoms with E-state index in [-0.39, 0.29) is 24.0 Å². The smallest absolute Gasteiger partial charge is 0.245 e. The molecule has 1 aliphatic heterocycles. The van der Waals surface area contributed by atoms with Crippen molar-refractivity contribution >= 4 is 22.6 Å². The molecule has 0 bridgehead atoms. The number of carbonyl (C=O) groups is 2. The molecule has 4 aromatic rings.